The van der Waals surface area contributed by atoms with Crippen molar-refractivity contribution in [2.45, 2.75) is 25.3 Å². The molecule has 1 heterocycles. The Balaban J connectivity index is 1.97. The lowest BCUT2D eigenvalue weighted by Gasteiger charge is -2.09. The second-order valence-electron chi connectivity index (χ2n) is 3.63. The molecule has 1 fully saturated rings. The normalized spacial score (nSPS) is 20.9. The van der Waals surface area contributed by atoms with Gasteiger partial charge in [0.25, 0.3) is 0 Å². The summed E-state index contributed by atoms with van der Waals surface area (Å²) in [6.45, 7) is 0. The van der Waals surface area contributed by atoms with Gasteiger partial charge >= 0.3 is 0 Å². The lowest BCUT2D eigenvalue weighted by Crippen LogP contribution is -2.27. The number of nitrogens with one attached hydrogen (secondary N) is 1. The fraction of sp³-hybridized carbons (Fsp3) is 0.364. The summed E-state index contributed by atoms with van der Waals surface area (Å²) in [6, 6.07) is 6.66. The quantitative estimate of drug-likeness (QED) is 0.760. The average Bonchev–Trinajstić information content (AvgIpc) is 2.56. The molecule has 3 heteroatoms. The van der Waals surface area contributed by atoms with Gasteiger partial charge in [0.05, 0.1) is 0 Å². The van der Waals surface area contributed by atoms with E-state index in [1.807, 2.05) is 0 Å². The molecule has 1 atom stereocenters. The lowest BCUT2D eigenvalue weighted by molar-refractivity contribution is -0.119. The maximum absolute atomic E-state index is 12.6. The Hall–Kier alpha value is -1.38. The fourth-order valence-corrected chi connectivity index (χ4v) is 1.74. The van der Waals surface area contributed by atoms with Gasteiger partial charge in [0.2, 0.25) is 5.91 Å². The molecule has 0 saturated carbocycles. The molecule has 0 aromatic heterocycles. The molecule has 74 valence electrons. The van der Waals surface area contributed by atoms with Crippen molar-refractivity contribution in [2.24, 2.45) is 0 Å². The second kappa shape index (κ2) is 3.78. The van der Waals surface area contributed by atoms with Crippen molar-refractivity contribution in [1.29, 1.82) is 0 Å². The smallest absolute Gasteiger partial charge is 0.220 e. The van der Waals surface area contributed by atoms with E-state index < -0.39 is 0 Å². The van der Waals surface area contributed by atoms with Gasteiger partial charge in [0, 0.05) is 12.5 Å². The SMILES string of the molecule is O=C1CC[C@@H](Cc2ccc(F)cc2)N1. The Morgan fingerprint density at radius 3 is 2.64 bits per heavy atom. The van der Waals surface area contributed by atoms with E-state index in [9.17, 15) is 9.18 Å². The van der Waals surface area contributed by atoms with Gasteiger partial charge < -0.3 is 5.32 Å². The number of carbonyl (C=O) groups is 1. The van der Waals surface area contributed by atoms with E-state index in [0.717, 1.165) is 18.4 Å². The second-order valence-corrected chi connectivity index (χ2v) is 3.63. The van der Waals surface area contributed by atoms with Crippen LogP contribution in [-0.4, -0.2) is 11.9 Å². The highest BCUT2D eigenvalue weighted by Gasteiger charge is 2.20. The molecule has 0 aliphatic carbocycles. The van der Waals surface area contributed by atoms with Crippen molar-refractivity contribution >= 4 is 5.91 Å². The average molecular weight is 193 g/mol. The highest BCUT2D eigenvalue weighted by Crippen LogP contribution is 2.13. The standard InChI is InChI=1S/C11H12FNO/c12-9-3-1-8(2-4-9)7-10-5-6-11(14)13-10/h1-4,10H,5-7H2,(H,13,14)/t10-/m0/s1. The predicted octanol–water partition coefficient (Wildman–Crippen LogP) is 1.65. The molecule has 0 spiro atoms. The first kappa shape index (κ1) is 9.19. The summed E-state index contributed by atoms with van der Waals surface area (Å²) in [7, 11) is 0. The Labute approximate surface area is 82.1 Å². The molecule has 0 unspecified atom stereocenters. The summed E-state index contributed by atoms with van der Waals surface area (Å²) in [5.41, 5.74) is 1.07. The topological polar surface area (TPSA) is 29.1 Å². The zero-order valence-corrected chi connectivity index (χ0v) is 7.79. The predicted molar refractivity (Wildman–Crippen MR) is 51.3 cm³/mol. The van der Waals surface area contributed by atoms with E-state index in [-0.39, 0.29) is 17.8 Å². The van der Waals surface area contributed by atoms with Crippen LogP contribution in [-0.2, 0) is 11.2 Å². The number of hydrogen-bond acceptors (Lipinski definition) is 1. The van der Waals surface area contributed by atoms with Crippen molar-refractivity contribution < 1.29 is 9.18 Å². The molecule has 1 aliphatic heterocycles. The molecular formula is C11H12FNO. The summed E-state index contributed by atoms with van der Waals surface area (Å²) in [5.74, 6) is -0.0960. The molecule has 1 aromatic rings. The minimum atomic E-state index is -0.218. The summed E-state index contributed by atoms with van der Waals surface area (Å²) in [5, 5.41) is 2.88. The van der Waals surface area contributed by atoms with Crippen molar-refractivity contribution in [3.63, 3.8) is 0 Å². The number of rotatable bonds is 2. The van der Waals surface area contributed by atoms with Crippen LogP contribution in [0.2, 0.25) is 0 Å². The molecule has 1 aliphatic rings. The van der Waals surface area contributed by atoms with E-state index in [4.69, 9.17) is 0 Å². The fourth-order valence-electron chi connectivity index (χ4n) is 1.74. The molecule has 1 saturated heterocycles. The Bertz CT molecular complexity index is 334. The van der Waals surface area contributed by atoms with E-state index in [0.29, 0.717) is 6.42 Å². The largest absolute Gasteiger partial charge is 0.353 e. The van der Waals surface area contributed by atoms with Crippen molar-refractivity contribution in [3.05, 3.63) is 35.6 Å². The molecule has 1 aromatic carbocycles. The van der Waals surface area contributed by atoms with Crippen molar-refractivity contribution in [2.75, 3.05) is 0 Å². The zero-order chi connectivity index (χ0) is 9.97. The summed E-state index contributed by atoms with van der Waals surface area (Å²) < 4.78 is 12.6. The number of amides is 1. The monoisotopic (exact) mass is 193 g/mol. The molecule has 2 rings (SSSR count). The highest BCUT2D eigenvalue weighted by atomic mass is 19.1. The van der Waals surface area contributed by atoms with Crippen LogP contribution >= 0.6 is 0 Å². The van der Waals surface area contributed by atoms with Crippen LogP contribution in [0.1, 0.15) is 18.4 Å². The summed E-state index contributed by atoms with van der Waals surface area (Å²) in [6.07, 6.45) is 2.30. The van der Waals surface area contributed by atoms with Gasteiger partial charge in [-0.1, -0.05) is 12.1 Å². The summed E-state index contributed by atoms with van der Waals surface area (Å²) >= 11 is 0. The highest BCUT2D eigenvalue weighted by molar-refractivity contribution is 5.78. The van der Waals surface area contributed by atoms with Gasteiger partial charge in [-0.25, -0.2) is 4.39 Å². The van der Waals surface area contributed by atoms with E-state index in [1.54, 1.807) is 12.1 Å². The van der Waals surface area contributed by atoms with E-state index in [2.05, 4.69) is 5.32 Å². The maximum Gasteiger partial charge on any atom is 0.220 e. The number of halogens is 1. The van der Waals surface area contributed by atoms with Gasteiger partial charge in [-0.05, 0) is 30.5 Å². The van der Waals surface area contributed by atoms with Gasteiger partial charge in [0.1, 0.15) is 5.82 Å². The van der Waals surface area contributed by atoms with Crippen LogP contribution in [0.5, 0.6) is 0 Å². The third-order valence-electron chi connectivity index (χ3n) is 2.48. The van der Waals surface area contributed by atoms with E-state index in [1.165, 1.54) is 12.1 Å². The maximum atomic E-state index is 12.6. The third kappa shape index (κ3) is 2.10. The molecule has 1 amide bonds. The molecule has 1 N–H and O–H groups in total. The number of carbonyl (C=O) groups excluding carboxylic acids is 1. The number of benzene rings is 1. The van der Waals surface area contributed by atoms with Crippen LogP contribution in [0, 0.1) is 5.82 Å². The summed E-state index contributed by atoms with van der Waals surface area (Å²) in [4.78, 5) is 10.9. The first-order valence-electron chi connectivity index (χ1n) is 4.78. The van der Waals surface area contributed by atoms with Gasteiger partial charge in [-0.3, -0.25) is 4.79 Å². The molecule has 0 bridgehead atoms. The lowest BCUT2D eigenvalue weighted by atomic mass is 10.0. The first-order valence-corrected chi connectivity index (χ1v) is 4.78. The first-order chi connectivity index (χ1) is 6.74. The van der Waals surface area contributed by atoms with Gasteiger partial charge in [0.15, 0.2) is 0 Å². The number of hydrogen-bond donors (Lipinski definition) is 1. The Morgan fingerprint density at radius 1 is 1.36 bits per heavy atom. The van der Waals surface area contributed by atoms with Crippen molar-refractivity contribution in [3.8, 4) is 0 Å². The van der Waals surface area contributed by atoms with Crippen LogP contribution < -0.4 is 5.32 Å². The van der Waals surface area contributed by atoms with Gasteiger partial charge in [-0.2, -0.15) is 0 Å². The van der Waals surface area contributed by atoms with E-state index >= 15 is 0 Å². The van der Waals surface area contributed by atoms with Gasteiger partial charge in [-0.15, -0.1) is 0 Å². The third-order valence-corrected chi connectivity index (χ3v) is 2.48. The molecule has 0 radical (unpaired) electrons. The van der Waals surface area contributed by atoms with Crippen LogP contribution in [0.4, 0.5) is 4.39 Å². The molecular weight excluding hydrogens is 181 g/mol. The minimum absolute atomic E-state index is 0.122. The minimum Gasteiger partial charge on any atom is -0.353 e. The molecule has 14 heavy (non-hydrogen) atoms. The van der Waals surface area contributed by atoms with Crippen LogP contribution in [0.25, 0.3) is 0 Å². The Morgan fingerprint density at radius 2 is 2.07 bits per heavy atom. The van der Waals surface area contributed by atoms with Crippen LogP contribution in [0.15, 0.2) is 24.3 Å². The zero-order valence-electron chi connectivity index (χ0n) is 7.79. The van der Waals surface area contributed by atoms with Crippen molar-refractivity contribution in [1.82, 2.24) is 5.32 Å². The molecule has 2 nitrogen and oxygen atoms in total. The van der Waals surface area contributed by atoms with Crippen LogP contribution in [0.3, 0.4) is 0 Å². The Kier molecular flexibility index (Phi) is 2.48.